The van der Waals surface area contributed by atoms with Crippen molar-refractivity contribution in [3.8, 4) is 11.5 Å². The van der Waals surface area contributed by atoms with Gasteiger partial charge in [-0.25, -0.2) is 0 Å². The van der Waals surface area contributed by atoms with Gasteiger partial charge in [0.15, 0.2) is 0 Å². The molecule has 2 rings (SSSR count). The summed E-state index contributed by atoms with van der Waals surface area (Å²) in [6.45, 7) is 16.9. The molecule has 1 heterocycles. The summed E-state index contributed by atoms with van der Waals surface area (Å²) >= 11 is 0. The Morgan fingerprint density at radius 1 is 1.00 bits per heavy atom. The standard InChI is InChI=1S/C29H42O2/c1-20(2)12-9-13-21(3)14-10-15-22(4)16-11-18-29(8)19-17-26-25(7)27(30)23(5)24(6)28(26)31-29/h10,12,14-16,30H,9,11,13,17-19H2,1-8H3. The number of aromatic hydroxyl groups is 1. The molecule has 0 fully saturated rings. The van der Waals surface area contributed by atoms with Crippen LogP contribution in [0.2, 0.25) is 0 Å². The van der Waals surface area contributed by atoms with Gasteiger partial charge in [-0.15, -0.1) is 0 Å². The highest BCUT2D eigenvalue weighted by molar-refractivity contribution is 5.58. The highest BCUT2D eigenvalue weighted by atomic mass is 16.5. The van der Waals surface area contributed by atoms with Crippen molar-refractivity contribution in [3.05, 3.63) is 69.4 Å². The van der Waals surface area contributed by atoms with Gasteiger partial charge in [0, 0.05) is 5.56 Å². The average molecular weight is 423 g/mol. The molecule has 2 nitrogen and oxygen atoms in total. The Bertz CT molecular complexity index is 907. The highest BCUT2D eigenvalue weighted by Gasteiger charge is 2.33. The van der Waals surface area contributed by atoms with E-state index < -0.39 is 0 Å². The molecule has 1 unspecified atom stereocenters. The zero-order chi connectivity index (χ0) is 23.2. The minimum atomic E-state index is -0.157. The smallest absolute Gasteiger partial charge is 0.127 e. The van der Waals surface area contributed by atoms with E-state index >= 15 is 0 Å². The van der Waals surface area contributed by atoms with Crippen LogP contribution in [0.3, 0.4) is 0 Å². The van der Waals surface area contributed by atoms with Gasteiger partial charge >= 0.3 is 0 Å². The molecule has 0 aromatic heterocycles. The van der Waals surface area contributed by atoms with E-state index in [1.165, 1.54) is 22.3 Å². The zero-order valence-corrected chi connectivity index (χ0v) is 21.0. The molecule has 170 valence electrons. The van der Waals surface area contributed by atoms with Crippen LogP contribution < -0.4 is 4.74 Å². The number of phenols is 1. The van der Waals surface area contributed by atoms with Crippen LogP contribution >= 0.6 is 0 Å². The van der Waals surface area contributed by atoms with Gasteiger partial charge in [-0.05, 0) is 111 Å². The second kappa shape index (κ2) is 10.9. The number of hydrogen-bond acceptors (Lipinski definition) is 2. The average Bonchev–Trinajstić information content (AvgIpc) is 2.70. The molecule has 2 heteroatoms. The monoisotopic (exact) mass is 422 g/mol. The third-order valence-corrected chi connectivity index (χ3v) is 6.56. The molecule has 0 aliphatic carbocycles. The topological polar surface area (TPSA) is 29.5 Å². The SMILES string of the molecule is CC(C)=CCCC(C)=CC=CC(C)=CCCC1(C)CCc2c(C)c(O)c(C)c(C)c2O1. The van der Waals surface area contributed by atoms with Gasteiger partial charge in [-0.1, -0.05) is 47.1 Å². The quantitative estimate of drug-likeness (QED) is 0.337. The Labute approximate surface area is 190 Å². The summed E-state index contributed by atoms with van der Waals surface area (Å²) < 4.78 is 6.54. The fourth-order valence-corrected chi connectivity index (χ4v) is 4.18. The number of phenolic OH excluding ortho intramolecular Hbond substituents is 1. The molecule has 0 radical (unpaired) electrons. The van der Waals surface area contributed by atoms with Crippen molar-refractivity contribution >= 4 is 0 Å². The predicted molar refractivity (Wildman–Crippen MR) is 134 cm³/mol. The van der Waals surface area contributed by atoms with E-state index in [1.807, 2.05) is 13.8 Å². The number of benzene rings is 1. The van der Waals surface area contributed by atoms with Gasteiger partial charge in [-0.2, -0.15) is 0 Å². The van der Waals surface area contributed by atoms with E-state index in [0.717, 1.165) is 61.0 Å². The number of rotatable bonds is 8. The molecule has 0 bridgehead atoms. The van der Waals surface area contributed by atoms with Crippen molar-refractivity contribution in [1.82, 2.24) is 0 Å². The third-order valence-electron chi connectivity index (χ3n) is 6.56. The van der Waals surface area contributed by atoms with Crippen LogP contribution in [0.4, 0.5) is 0 Å². The first-order valence-electron chi connectivity index (χ1n) is 11.7. The molecule has 0 amide bonds. The van der Waals surface area contributed by atoms with Gasteiger partial charge in [0.1, 0.15) is 17.1 Å². The van der Waals surface area contributed by atoms with E-state index in [4.69, 9.17) is 4.74 Å². The first kappa shape index (κ1) is 25.0. The maximum atomic E-state index is 10.4. The normalized spacial score (nSPS) is 19.4. The summed E-state index contributed by atoms with van der Waals surface area (Å²) in [5, 5.41) is 10.4. The van der Waals surface area contributed by atoms with E-state index in [1.54, 1.807) is 0 Å². The van der Waals surface area contributed by atoms with Crippen LogP contribution in [0.25, 0.3) is 0 Å². The van der Waals surface area contributed by atoms with Crippen LogP contribution in [0.15, 0.2) is 47.1 Å². The summed E-state index contributed by atoms with van der Waals surface area (Å²) in [6, 6.07) is 0. The lowest BCUT2D eigenvalue weighted by Gasteiger charge is -2.38. The molecule has 1 aliphatic rings. The molecular weight excluding hydrogens is 380 g/mol. The van der Waals surface area contributed by atoms with Crippen molar-refractivity contribution in [1.29, 1.82) is 0 Å². The summed E-state index contributed by atoms with van der Waals surface area (Å²) in [5.41, 5.74) is 8.10. The first-order chi connectivity index (χ1) is 14.5. The highest BCUT2D eigenvalue weighted by Crippen LogP contribution is 2.44. The van der Waals surface area contributed by atoms with Crippen molar-refractivity contribution in [2.75, 3.05) is 0 Å². The molecule has 1 aromatic rings. The molecule has 31 heavy (non-hydrogen) atoms. The predicted octanol–water partition coefficient (Wildman–Crippen LogP) is 8.38. The number of hydrogen-bond donors (Lipinski definition) is 1. The molecule has 1 aliphatic heterocycles. The molecule has 0 saturated heterocycles. The minimum Gasteiger partial charge on any atom is -0.507 e. The van der Waals surface area contributed by atoms with E-state index in [0.29, 0.717) is 5.75 Å². The van der Waals surface area contributed by atoms with Crippen LogP contribution in [-0.2, 0) is 6.42 Å². The van der Waals surface area contributed by atoms with Crippen LogP contribution in [0.1, 0.15) is 89.0 Å². The first-order valence-corrected chi connectivity index (χ1v) is 11.7. The van der Waals surface area contributed by atoms with Gasteiger partial charge in [-0.3, -0.25) is 0 Å². The van der Waals surface area contributed by atoms with Crippen molar-refractivity contribution in [2.24, 2.45) is 0 Å². The maximum absolute atomic E-state index is 10.4. The van der Waals surface area contributed by atoms with Gasteiger partial charge < -0.3 is 9.84 Å². The van der Waals surface area contributed by atoms with E-state index in [9.17, 15) is 5.11 Å². The second-order valence-corrected chi connectivity index (χ2v) is 9.76. The lowest BCUT2D eigenvalue weighted by molar-refractivity contribution is 0.0558. The summed E-state index contributed by atoms with van der Waals surface area (Å²) in [6.07, 6.45) is 17.4. The number of allylic oxidation sites excluding steroid dienone is 8. The minimum absolute atomic E-state index is 0.157. The van der Waals surface area contributed by atoms with Crippen LogP contribution in [0.5, 0.6) is 11.5 Å². The van der Waals surface area contributed by atoms with Gasteiger partial charge in [0.2, 0.25) is 0 Å². The zero-order valence-electron chi connectivity index (χ0n) is 21.0. The molecule has 1 atom stereocenters. The lowest BCUT2D eigenvalue weighted by atomic mass is 9.85. The fraction of sp³-hybridized carbons (Fsp3) is 0.517. The molecule has 0 spiro atoms. The number of fused-ring (bicyclic) bond motifs is 1. The van der Waals surface area contributed by atoms with Gasteiger partial charge in [0.05, 0.1) is 0 Å². The Hall–Kier alpha value is -2.22. The lowest BCUT2D eigenvalue weighted by Crippen LogP contribution is -2.37. The van der Waals surface area contributed by atoms with Crippen molar-refractivity contribution in [2.45, 2.75) is 99.5 Å². The van der Waals surface area contributed by atoms with Crippen LogP contribution in [0, 0.1) is 20.8 Å². The van der Waals surface area contributed by atoms with E-state index in [2.05, 4.69) is 71.9 Å². The Kier molecular flexibility index (Phi) is 8.79. The third kappa shape index (κ3) is 6.89. The summed E-state index contributed by atoms with van der Waals surface area (Å²) in [7, 11) is 0. The molecule has 1 N–H and O–H groups in total. The number of ether oxygens (including phenoxy) is 1. The largest absolute Gasteiger partial charge is 0.507 e. The fourth-order valence-electron chi connectivity index (χ4n) is 4.18. The Morgan fingerprint density at radius 3 is 2.39 bits per heavy atom. The van der Waals surface area contributed by atoms with Crippen molar-refractivity contribution in [3.63, 3.8) is 0 Å². The van der Waals surface area contributed by atoms with Crippen LogP contribution in [-0.4, -0.2) is 10.7 Å². The Morgan fingerprint density at radius 2 is 1.71 bits per heavy atom. The maximum Gasteiger partial charge on any atom is 0.127 e. The van der Waals surface area contributed by atoms with Gasteiger partial charge in [0.25, 0.3) is 0 Å². The molecular formula is C29H42O2. The summed E-state index contributed by atoms with van der Waals surface area (Å²) in [5.74, 6) is 1.42. The Balaban J connectivity index is 1.95. The molecule has 0 saturated carbocycles. The van der Waals surface area contributed by atoms with Crippen molar-refractivity contribution < 1.29 is 9.84 Å². The van der Waals surface area contributed by atoms with E-state index in [-0.39, 0.29) is 5.60 Å². The molecule has 1 aromatic carbocycles. The second-order valence-electron chi connectivity index (χ2n) is 9.76. The summed E-state index contributed by atoms with van der Waals surface area (Å²) in [4.78, 5) is 0.